The Morgan fingerprint density at radius 2 is 2.04 bits per heavy atom. The number of hydrogen-bond donors (Lipinski definition) is 3. The van der Waals surface area contributed by atoms with E-state index in [4.69, 9.17) is 23.2 Å². The second-order valence-electron chi connectivity index (χ2n) is 6.42. The Bertz CT molecular complexity index is 735. The normalized spacial score (nSPS) is 15.2. The van der Waals surface area contributed by atoms with Gasteiger partial charge in [-0.1, -0.05) is 29.6 Å². The highest BCUT2D eigenvalue weighted by atomic mass is 127. The predicted octanol–water partition coefficient (Wildman–Crippen LogP) is 2.72. The minimum absolute atomic E-state index is 0. The Morgan fingerprint density at radius 1 is 1.33 bits per heavy atom. The van der Waals surface area contributed by atoms with E-state index in [-0.39, 0.29) is 36.3 Å². The van der Waals surface area contributed by atoms with Gasteiger partial charge in [0.25, 0.3) is 0 Å². The molecule has 1 aliphatic rings. The van der Waals surface area contributed by atoms with Gasteiger partial charge in [-0.25, -0.2) is 18.1 Å². The van der Waals surface area contributed by atoms with Gasteiger partial charge in [0.15, 0.2) is 5.96 Å². The topological polar surface area (TPSA) is 87.5 Å². The number of halogens is 3. The van der Waals surface area contributed by atoms with Crippen LogP contribution in [-0.4, -0.2) is 44.3 Å². The van der Waals surface area contributed by atoms with Gasteiger partial charge in [0.2, 0.25) is 10.0 Å². The van der Waals surface area contributed by atoms with Crippen molar-refractivity contribution < 1.29 is 8.42 Å². The van der Waals surface area contributed by atoms with Crippen molar-refractivity contribution in [1.29, 1.82) is 0 Å². The lowest BCUT2D eigenvalue weighted by Crippen LogP contribution is -2.42. The first-order chi connectivity index (χ1) is 12.3. The molecule has 3 N–H and O–H groups in total. The highest BCUT2D eigenvalue weighted by Crippen LogP contribution is 2.26. The summed E-state index contributed by atoms with van der Waals surface area (Å²) in [6, 6.07) is 1.77. The van der Waals surface area contributed by atoms with E-state index in [1.165, 1.54) is 6.42 Å². The minimum Gasteiger partial charge on any atom is -0.357 e. The molecule has 0 amide bonds. The molecule has 0 bridgehead atoms. The standard InChI is InChI=1S/C16H27Cl2N5O2S.HI/c1-3-19-16(21-11-13-9-14(17)15(18)23(13)2)20-7-8-26(24,25)22-10-12-5-4-6-12;/h9,12,22H,3-8,10-11H2,1-2H3,(H2,19,20,21);1H. The summed E-state index contributed by atoms with van der Waals surface area (Å²) in [4.78, 5) is 4.46. The van der Waals surface area contributed by atoms with Crippen LogP contribution in [0.25, 0.3) is 0 Å². The Hall–Kier alpha value is -0.230. The largest absolute Gasteiger partial charge is 0.357 e. The summed E-state index contributed by atoms with van der Waals surface area (Å²) in [6.07, 6.45) is 3.43. The molecule has 0 unspecified atom stereocenters. The molecule has 0 radical (unpaired) electrons. The molecule has 27 heavy (non-hydrogen) atoms. The lowest BCUT2D eigenvalue weighted by Gasteiger charge is -2.25. The number of aliphatic imine (C=N–C) groups is 1. The number of nitrogens with one attached hydrogen (secondary N) is 3. The van der Waals surface area contributed by atoms with E-state index >= 15 is 0 Å². The molecular formula is C16H28Cl2IN5O2S. The first kappa shape index (κ1) is 24.8. The summed E-state index contributed by atoms with van der Waals surface area (Å²) in [6.45, 7) is 3.83. The molecule has 1 aromatic heterocycles. The molecule has 1 fully saturated rings. The van der Waals surface area contributed by atoms with Crippen LogP contribution in [0.15, 0.2) is 11.1 Å². The van der Waals surface area contributed by atoms with Gasteiger partial charge >= 0.3 is 0 Å². The molecule has 0 aromatic carbocycles. The maximum atomic E-state index is 12.0. The van der Waals surface area contributed by atoms with Crippen LogP contribution in [0.4, 0.5) is 0 Å². The van der Waals surface area contributed by atoms with Crippen molar-refractivity contribution in [3.63, 3.8) is 0 Å². The summed E-state index contributed by atoms with van der Waals surface area (Å²) < 4.78 is 28.5. The maximum Gasteiger partial charge on any atom is 0.213 e. The lowest BCUT2D eigenvalue weighted by atomic mass is 9.86. The van der Waals surface area contributed by atoms with Gasteiger partial charge in [0.1, 0.15) is 5.15 Å². The number of hydrogen-bond acceptors (Lipinski definition) is 3. The predicted molar refractivity (Wildman–Crippen MR) is 123 cm³/mol. The molecule has 0 aliphatic heterocycles. The first-order valence-corrected chi connectivity index (χ1v) is 11.2. The van der Waals surface area contributed by atoms with Gasteiger partial charge in [-0.15, -0.1) is 24.0 Å². The van der Waals surface area contributed by atoms with Gasteiger partial charge in [-0.3, -0.25) is 0 Å². The van der Waals surface area contributed by atoms with E-state index in [9.17, 15) is 8.42 Å². The van der Waals surface area contributed by atoms with Crippen LogP contribution in [0, 0.1) is 5.92 Å². The van der Waals surface area contributed by atoms with Crippen LogP contribution in [0.5, 0.6) is 0 Å². The number of aromatic nitrogens is 1. The zero-order valence-electron chi connectivity index (χ0n) is 15.6. The fourth-order valence-corrected chi connectivity index (χ4v) is 3.98. The maximum absolute atomic E-state index is 12.0. The van der Waals surface area contributed by atoms with Crippen molar-refractivity contribution >= 4 is 63.2 Å². The van der Waals surface area contributed by atoms with Crippen LogP contribution >= 0.6 is 47.2 Å². The molecule has 156 valence electrons. The Morgan fingerprint density at radius 3 is 2.56 bits per heavy atom. The Kier molecular flexibility index (Phi) is 10.7. The quantitative estimate of drug-likeness (QED) is 0.250. The molecule has 0 atom stereocenters. The zero-order valence-corrected chi connectivity index (χ0v) is 20.3. The van der Waals surface area contributed by atoms with Crippen molar-refractivity contribution in [1.82, 2.24) is 19.9 Å². The van der Waals surface area contributed by atoms with Gasteiger partial charge in [-0.05, 0) is 31.7 Å². The monoisotopic (exact) mass is 551 g/mol. The van der Waals surface area contributed by atoms with E-state index in [1.807, 2.05) is 14.0 Å². The van der Waals surface area contributed by atoms with E-state index in [2.05, 4.69) is 20.3 Å². The number of nitrogens with zero attached hydrogens (tertiary/aromatic N) is 2. The molecular weight excluding hydrogens is 524 g/mol. The van der Waals surface area contributed by atoms with E-state index in [0.717, 1.165) is 18.5 Å². The molecule has 1 aliphatic carbocycles. The fraction of sp³-hybridized carbons (Fsp3) is 0.688. The van der Waals surface area contributed by atoms with E-state index < -0.39 is 10.0 Å². The number of guanidine groups is 1. The second kappa shape index (κ2) is 11.7. The first-order valence-electron chi connectivity index (χ1n) is 8.81. The molecule has 7 nitrogen and oxygen atoms in total. The van der Waals surface area contributed by atoms with Crippen molar-refractivity contribution in [2.24, 2.45) is 18.0 Å². The Labute approximate surface area is 188 Å². The summed E-state index contributed by atoms with van der Waals surface area (Å²) in [5.41, 5.74) is 0.868. The summed E-state index contributed by atoms with van der Waals surface area (Å²) in [5.74, 6) is 1.06. The highest BCUT2D eigenvalue weighted by molar-refractivity contribution is 14.0. The molecule has 1 aromatic rings. The fourth-order valence-electron chi connectivity index (χ4n) is 2.56. The summed E-state index contributed by atoms with van der Waals surface area (Å²) in [5, 5.41) is 7.10. The van der Waals surface area contributed by atoms with Crippen molar-refractivity contribution in [2.75, 3.05) is 25.4 Å². The lowest BCUT2D eigenvalue weighted by molar-refractivity contribution is 0.316. The summed E-state index contributed by atoms with van der Waals surface area (Å²) in [7, 11) is -1.45. The van der Waals surface area contributed by atoms with Crippen molar-refractivity contribution in [3.05, 3.63) is 21.9 Å². The smallest absolute Gasteiger partial charge is 0.213 e. The van der Waals surface area contributed by atoms with Gasteiger partial charge in [-0.2, -0.15) is 0 Å². The van der Waals surface area contributed by atoms with Crippen LogP contribution < -0.4 is 15.4 Å². The third-order valence-electron chi connectivity index (χ3n) is 4.44. The molecule has 0 spiro atoms. The average Bonchev–Trinajstić information content (AvgIpc) is 2.78. The highest BCUT2D eigenvalue weighted by Gasteiger charge is 2.20. The third kappa shape index (κ3) is 7.96. The van der Waals surface area contributed by atoms with Crippen LogP contribution in [0.3, 0.4) is 0 Å². The minimum atomic E-state index is -3.27. The average molecular weight is 552 g/mol. The SMILES string of the molecule is CCNC(=NCc1cc(Cl)c(Cl)n1C)NCCS(=O)(=O)NCC1CCC1.I. The van der Waals surface area contributed by atoms with Crippen molar-refractivity contribution in [3.8, 4) is 0 Å². The molecule has 11 heteroatoms. The van der Waals surface area contributed by atoms with Gasteiger partial charge < -0.3 is 15.2 Å². The summed E-state index contributed by atoms with van der Waals surface area (Å²) >= 11 is 12.1. The van der Waals surface area contributed by atoms with Crippen LogP contribution in [0.2, 0.25) is 10.2 Å². The van der Waals surface area contributed by atoms with Crippen LogP contribution in [-0.2, 0) is 23.6 Å². The van der Waals surface area contributed by atoms with E-state index in [0.29, 0.717) is 41.7 Å². The zero-order chi connectivity index (χ0) is 19.2. The molecule has 0 saturated heterocycles. The Balaban J connectivity index is 0.00000364. The third-order valence-corrected chi connectivity index (χ3v) is 6.63. The van der Waals surface area contributed by atoms with Gasteiger partial charge in [0.05, 0.1) is 17.3 Å². The van der Waals surface area contributed by atoms with Crippen LogP contribution in [0.1, 0.15) is 31.9 Å². The molecule has 1 heterocycles. The number of rotatable bonds is 9. The van der Waals surface area contributed by atoms with Gasteiger partial charge in [0, 0.05) is 32.4 Å². The number of sulfonamides is 1. The molecule has 1 saturated carbocycles. The van der Waals surface area contributed by atoms with Crippen molar-refractivity contribution in [2.45, 2.75) is 32.7 Å². The molecule has 2 rings (SSSR count). The second-order valence-corrected chi connectivity index (χ2v) is 9.11. The van der Waals surface area contributed by atoms with E-state index in [1.54, 1.807) is 10.6 Å².